The van der Waals surface area contributed by atoms with Crippen LogP contribution in [0.4, 0.5) is 0 Å². The van der Waals surface area contributed by atoms with Gasteiger partial charge < -0.3 is 9.47 Å². The van der Waals surface area contributed by atoms with Crippen LogP contribution in [0.1, 0.15) is 83.5 Å². The lowest BCUT2D eigenvalue weighted by molar-refractivity contribution is -0.0937. The van der Waals surface area contributed by atoms with Crippen molar-refractivity contribution in [3.8, 4) is 0 Å². The van der Waals surface area contributed by atoms with Gasteiger partial charge in [-0.15, -0.1) is 0 Å². The van der Waals surface area contributed by atoms with Crippen molar-refractivity contribution in [3.63, 3.8) is 0 Å². The Morgan fingerprint density at radius 1 is 0.286 bits per heavy atom. The van der Waals surface area contributed by atoms with Crippen molar-refractivity contribution in [1.29, 1.82) is 0 Å². The summed E-state index contributed by atoms with van der Waals surface area (Å²) >= 11 is 38.8. The van der Waals surface area contributed by atoms with E-state index in [0.29, 0.717) is 0 Å². The molecule has 0 N–H and O–H groups in total. The van der Waals surface area contributed by atoms with Crippen molar-refractivity contribution >= 4 is 146 Å². The maximum absolute atomic E-state index is 7.06. The fourth-order valence-electron chi connectivity index (χ4n) is 5.80. The summed E-state index contributed by atoms with van der Waals surface area (Å²) in [5, 5.41) is 0. The summed E-state index contributed by atoms with van der Waals surface area (Å²) in [6.45, 7) is 1.58. The molecule has 0 heterocycles. The molecule has 49 heavy (non-hydrogen) atoms. The number of thioether (sulfide) groups is 6. The Hall–Kier alpha value is 4.12. The van der Waals surface area contributed by atoms with Crippen LogP contribution in [0.25, 0.3) is 0 Å². The number of thiol groups is 6. The van der Waals surface area contributed by atoms with Crippen LogP contribution in [0.15, 0.2) is 0 Å². The molecule has 0 aliphatic rings. The summed E-state index contributed by atoms with van der Waals surface area (Å²) in [6, 6.07) is 0. The molecule has 0 saturated heterocycles. The average molecular weight is 910 g/mol. The molecule has 0 unspecified atom stereocenters. The Morgan fingerprint density at radius 2 is 0.490 bits per heavy atom. The first-order valence-corrected chi connectivity index (χ1v) is 29.2. The first kappa shape index (κ1) is 53.1. The summed E-state index contributed by atoms with van der Waals surface area (Å²) in [4.78, 5) is 0. The van der Waals surface area contributed by atoms with Crippen LogP contribution < -0.4 is 0 Å². The predicted octanol–water partition coefficient (Wildman–Crippen LogP) is 11.5. The first-order chi connectivity index (χ1) is 24.1. The van der Waals surface area contributed by atoms with Gasteiger partial charge in [-0.1, -0.05) is 0 Å². The van der Waals surface area contributed by atoms with E-state index in [0.717, 1.165) is 127 Å². The molecular formula is C35H72O2S12. The Bertz CT molecular complexity index is 530. The van der Waals surface area contributed by atoms with E-state index in [9.17, 15) is 0 Å². The van der Waals surface area contributed by atoms with Gasteiger partial charge in [0.15, 0.2) is 0 Å². The number of rotatable bonds is 42. The predicted molar refractivity (Wildman–Crippen MR) is 264 cm³/mol. The summed E-state index contributed by atoms with van der Waals surface area (Å²) in [5.74, 6) is 19.7. The van der Waals surface area contributed by atoms with Crippen LogP contribution in [-0.2, 0) is 9.47 Å². The van der Waals surface area contributed by atoms with Gasteiger partial charge in [0, 0.05) is 47.7 Å². The molecule has 0 amide bonds. The molecule has 0 aromatic heterocycles. The molecular weight excluding hydrogens is 837 g/mol. The van der Waals surface area contributed by atoms with Crippen LogP contribution in [-0.4, -0.2) is 128 Å². The maximum Gasteiger partial charge on any atom is 0.0683 e. The first-order valence-electron chi connectivity index (χ1n) is 18.5. The van der Waals surface area contributed by atoms with Gasteiger partial charge in [-0.25, -0.2) is 0 Å². The number of hydrogen-bond acceptors (Lipinski definition) is 14. The summed E-state index contributed by atoms with van der Waals surface area (Å²) in [6.07, 6.45) is 15.2. The lowest BCUT2D eigenvalue weighted by Gasteiger charge is -2.36. The zero-order chi connectivity index (χ0) is 36.0. The Kier molecular flexibility index (Phi) is 45.3. The minimum atomic E-state index is -0.0275. The largest absolute Gasteiger partial charge is 0.375 e. The molecule has 0 rings (SSSR count). The van der Waals surface area contributed by atoms with Crippen molar-refractivity contribution in [1.82, 2.24) is 0 Å². The topological polar surface area (TPSA) is 18.5 Å². The smallest absolute Gasteiger partial charge is 0.0683 e. The van der Waals surface area contributed by atoms with Crippen molar-refractivity contribution in [2.45, 2.75) is 94.7 Å². The minimum Gasteiger partial charge on any atom is -0.375 e. The third-order valence-corrected chi connectivity index (χ3v) is 17.6. The van der Waals surface area contributed by atoms with Crippen molar-refractivity contribution in [2.75, 3.05) is 117 Å². The molecule has 0 aromatic carbocycles. The number of hydrogen-bond donors (Lipinski definition) is 6. The maximum atomic E-state index is 7.06. The molecule has 0 aliphatic carbocycles. The second kappa shape index (κ2) is 41.7. The highest BCUT2D eigenvalue weighted by molar-refractivity contribution is 8.01. The highest BCUT2D eigenvalue weighted by Crippen LogP contribution is 2.34. The van der Waals surface area contributed by atoms with E-state index in [2.05, 4.69) is 75.8 Å². The Balaban J connectivity index is 5.57. The summed E-state index contributed by atoms with van der Waals surface area (Å²) in [5.41, 5.74) is -0.0549. The molecule has 0 bridgehead atoms. The van der Waals surface area contributed by atoms with E-state index in [1.165, 1.54) is 73.0 Å². The fourth-order valence-corrected chi connectivity index (χ4v) is 12.2. The van der Waals surface area contributed by atoms with Crippen LogP contribution in [0, 0.1) is 0 Å². The molecule has 296 valence electrons. The highest BCUT2D eigenvalue weighted by Gasteiger charge is 2.32. The van der Waals surface area contributed by atoms with Crippen molar-refractivity contribution < 1.29 is 9.47 Å². The Morgan fingerprint density at radius 3 is 0.673 bits per heavy atom. The van der Waals surface area contributed by atoms with Gasteiger partial charge in [0.1, 0.15) is 0 Å². The van der Waals surface area contributed by atoms with Gasteiger partial charge in [-0.3, -0.25) is 0 Å². The standard InChI is InChI=1S/C35H72O2S12/c38-16-28-44-22-1-8-34(9-2-23-45-29-17-39,10-3-24-46-30-18-40)36-14-7-15-37-35(11-4-25-47-31-19-41,12-5-26-48-32-20-42)13-6-27-49-33-21-43/h38-43H,1-33H2. The zero-order valence-corrected chi connectivity index (χ0v) is 40.5. The molecule has 2 nitrogen and oxygen atoms in total. The lowest BCUT2D eigenvalue weighted by atomic mass is 9.87. The van der Waals surface area contributed by atoms with Gasteiger partial charge in [0.2, 0.25) is 0 Å². The van der Waals surface area contributed by atoms with Gasteiger partial charge in [-0.2, -0.15) is 146 Å². The third-order valence-electron chi connectivity index (χ3n) is 8.05. The van der Waals surface area contributed by atoms with Crippen LogP contribution in [0.2, 0.25) is 0 Å². The molecule has 0 saturated carbocycles. The van der Waals surface area contributed by atoms with E-state index in [-0.39, 0.29) is 11.2 Å². The quantitative estimate of drug-likeness (QED) is 0.0265. The highest BCUT2D eigenvalue weighted by atomic mass is 32.2. The van der Waals surface area contributed by atoms with E-state index in [1.54, 1.807) is 0 Å². The fraction of sp³-hybridized carbons (Fsp3) is 1.00. The second-order valence-corrected chi connectivity index (χ2v) is 22.1. The third kappa shape index (κ3) is 33.9. The SMILES string of the molecule is SCCSCCCC(CCCSCCS)(CCCSCCS)OCCCOC(CCCSCCS)(CCCSCCS)CCCSCCS. The van der Waals surface area contributed by atoms with E-state index < -0.39 is 0 Å². The second-order valence-electron chi connectivity index (χ2n) is 12.1. The van der Waals surface area contributed by atoms with Gasteiger partial charge in [0.05, 0.1) is 11.2 Å². The molecule has 0 fully saturated rings. The van der Waals surface area contributed by atoms with Crippen molar-refractivity contribution in [2.24, 2.45) is 0 Å². The van der Waals surface area contributed by atoms with Crippen LogP contribution in [0.3, 0.4) is 0 Å². The minimum absolute atomic E-state index is 0.0275. The van der Waals surface area contributed by atoms with E-state index in [4.69, 9.17) is 9.47 Å². The molecule has 0 spiro atoms. The number of ether oxygens (including phenoxy) is 2. The van der Waals surface area contributed by atoms with Crippen LogP contribution in [0.5, 0.6) is 0 Å². The molecule has 0 aliphatic heterocycles. The summed E-state index contributed by atoms with van der Waals surface area (Å²) in [7, 11) is 0. The van der Waals surface area contributed by atoms with Gasteiger partial charge in [-0.05, 0) is 153 Å². The zero-order valence-electron chi connectivity index (χ0n) is 30.3. The monoisotopic (exact) mass is 908 g/mol. The Labute approximate surface area is 363 Å². The lowest BCUT2D eigenvalue weighted by Crippen LogP contribution is -2.36. The van der Waals surface area contributed by atoms with Gasteiger partial charge >= 0.3 is 0 Å². The van der Waals surface area contributed by atoms with E-state index in [1.807, 2.05) is 70.6 Å². The van der Waals surface area contributed by atoms with E-state index >= 15 is 0 Å². The molecule has 14 heteroatoms. The normalized spacial score (nSPS) is 12.4. The molecule has 0 atom stereocenters. The average Bonchev–Trinajstić information content (AvgIpc) is 3.11. The summed E-state index contributed by atoms with van der Waals surface area (Å²) < 4.78 is 14.1. The van der Waals surface area contributed by atoms with Gasteiger partial charge in [0.25, 0.3) is 0 Å². The molecule has 0 radical (unpaired) electrons. The molecule has 0 aromatic rings. The van der Waals surface area contributed by atoms with Crippen molar-refractivity contribution in [3.05, 3.63) is 0 Å². The van der Waals surface area contributed by atoms with Crippen LogP contribution >= 0.6 is 146 Å².